The molecule has 0 bridgehead atoms. The highest BCUT2D eigenvalue weighted by Crippen LogP contribution is 2.52. The van der Waals surface area contributed by atoms with Crippen LogP contribution < -0.4 is 4.90 Å². The van der Waals surface area contributed by atoms with Gasteiger partial charge in [-0.05, 0) is 93.5 Å². The molecule has 0 N–H and O–H groups in total. The Balaban J connectivity index is 1.16. The Morgan fingerprint density at radius 3 is 1.85 bits per heavy atom. The van der Waals surface area contributed by atoms with Crippen LogP contribution >= 0.6 is 0 Å². The minimum Gasteiger partial charge on any atom is -0.456 e. The van der Waals surface area contributed by atoms with Gasteiger partial charge < -0.3 is 13.7 Å². The Morgan fingerprint density at radius 1 is 0.389 bits per heavy atom. The van der Waals surface area contributed by atoms with Gasteiger partial charge in [-0.2, -0.15) is 0 Å². The number of furan rings is 2. The monoisotopic (exact) mass is 693 g/mol. The molecule has 0 saturated heterocycles. The molecule has 0 atom stereocenters. The molecule has 0 radical (unpaired) electrons. The van der Waals surface area contributed by atoms with Crippen LogP contribution in [0, 0.1) is 0 Å². The van der Waals surface area contributed by atoms with Crippen molar-refractivity contribution >= 4 is 60.9 Å². The molecule has 0 spiro atoms. The second-order valence-corrected chi connectivity index (χ2v) is 14.9. The van der Waals surface area contributed by atoms with E-state index < -0.39 is 0 Å². The Bertz CT molecular complexity index is 3080. The lowest BCUT2D eigenvalue weighted by molar-refractivity contribution is 0.660. The van der Waals surface area contributed by atoms with E-state index in [1.54, 1.807) is 0 Å². The van der Waals surface area contributed by atoms with Crippen LogP contribution in [0.1, 0.15) is 25.0 Å². The fourth-order valence-corrected chi connectivity index (χ4v) is 8.84. The van der Waals surface area contributed by atoms with Crippen molar-refractivity contribution in [3.05, 3.63) is 187 Å². The summed E-state index contributed by atoms with van der Waals surface area (Å²) in [6.45, 7) is 4.69. The van der Waals surface area contributed by atoms with Gasteiger partial charge in [0.1, 0.15) is 22.3 Å². The zero-order valence-electron chi connectivity index (χ0n) is 30.0. The largest absolute Gasteiger partial charge is 0.456 e. The van der Waals surface area contributed by atoms with Gasteiger partial charge in [0, 0.05) is 32.8 Å². The number of anilines is 3. The van der Waals surface area contributed by atoms with Crippen LogP contribution in [0.15, 0.2) is 185 Å². The molecule has 3 nitrogen and oxygen atoms in total. The van der Waals surface area contributed by atoms with E-state index in [9.17, 15) is 0 Å². The number of benzene rings is 8. The van der Waals surface area contributed by atoms with Gasteiger partial charge in [-0.3, -0.25) is 0 Å². The van der Waals surface area contributed by atoms with Gasteiger partial charge in [-0.1, -0.05) is 135 Å². The average molecular weight is 694 g/mol. The molecule has 1 aliphatic carbocycles. The number of para-hydroxylation sites is 1. The molecule has 11 rings (SSSR count). The first-order chi connectivity index (χ1) is 26.5. The van der Waals surface area contributed by atoms with Crippen molar-refractivity contribution < 1.29 is 8.83 Å². The van der Waals surface area contributed by atoms with E-state index in [4.69, 9.17) is 8.83 Å². The number of nitrogens with zero attached hydrogens (tertiary/aromatic N) is 1. The van der Waals surface area contributed by atoms with E-state index in [0.29, 0.717) is 0 Å². The van der Waals surface area contributed by atoms with Gasteiger partial charge >= 0.3 is 0 Å². The Kier molecular flexibility index (Phi) is 6.60. The van der Waals surface area contributed by atoms with E-state index in [-0.39, 0.29) is 5.41 Å². The molecule has 0 saturated carbocycles. The van der Waals surface area contributed by atoms with Crippen molar-refractivity contribution in [2.75, 3.05) is 4.90 Å². The third-order valence-electron chi connectivity index (χ3n) is 11.5. The zero-order chi connectivity index (χ0) is 36.0. The summed E-state index contributed by atoms with van der Waals surface area (Å²) in [6, 6.07) is 62.9. The Labute approximate surface area is 313 Å². The van der Waals surface area contributed by atoms with Gasteiger partial charge in [-0.25, -0.2) is 0 Å². The normalized spacial score (nSPS) is 13.1. The maximum Gasteiger partial charge on any atom is 0.137 e. The summed E-state index contributed by atoms with van der Waals surface area (Å²) < 4.78 is 13.3. The second-order valence-electron chi connectivity index (χ2n) is 14.9. The van der Waals surface area contributed by atoms with Crippen molar-refractivity contribution in [1.29, 1.82) is 0 Å². The molecule has 8 aromatic carbocycles. The molecule has 256 valence electrons. The van der Waals surface area contributed by atoms with Crippen LogP contribution in [0.25, 0.3) is 77.3 Å². The highest BCUT2D eigenvalue weighted by Gasteiger charge is 2.36. The van der Waals surface area contributed by atoms with Crippen molar-refractivity contribution in [3.63, 3.8) is 0 Å². The highest BCUT2D eigenvalue weighted by atomic mass is 16.3. The van der Waals surface area contributed by atoms with Gasteiger partial charge in [0.25, 0.3) is 0 Å². The van der Waals surface area contributed by atoms with Crippen LogP contribution in [0.4, 0.5) is 17.1 Å². The first-order valence-electron chi connectivity index (χ1n) is 18.6. The minimum absolute atomic E-state index is 0.145. The maximum absolute atomic E-state index is 6.75. The summed E-state index contributed by atoms with van der Waals surface area (Å²) in [5.41, 5.74) is 16.4. The minimum atomic E-state index is -0.145. The first-order valence-corrected chi connectivity index (χ1v) is 18.6. The van der Waals surface area contributed by atoms with Crippen molar-refractivity contribution in [2.45, 2.75) is 19.3 Å². The molecule has 1 aliphatic rings. The fraction of sp³-hybridized carbons (Fsp3) is 0.0588. The number of hydrogen-bond acceptors (Lipinski definition) is 3. The van der Waals surface area contributed by atoms with Crippen LogP contribution in [0.2, 0.25) is 0 Å². The summed E-state index contributed by atoms with van der Waals surface area (Å²) in [4.78, 5) is 2.42. The van der Waals surface area contributed by atoms with Crippen LogP contribution in [0.5, 0.6) is 0 Å². The third-order valence-corrected chi connectivity index (χ3v) is 11.5. The number of rotatable bonds is 5. The fourth-order valence-electron chi connectivity index (χ4n) is 8.84. The van der Waals surface area contributed by atoms with E-state index in [1.165, 1.54) is 27.8 Å². The molecule has 3 heteroatoms. The Hall–Kier alpha value is -6.84. The number of fused-ring (bicyclic) bond motifs is 9. The molecule has 10 aromatic rings. The summed E-state index contributed by atoms with van der Waals surface area (Å²) in [7, 11) is 0. The van der Waals surface area contributed by atoms with Crippen LogP contribution in [0.3, 0.4) is 0 Å². The van der Waals surface area contributed by atoms with Gasteiger partial charge in [0.15, 0.2) is 0 Å². The molecular weight excluding hydrogens is 659 g/mol. The van der Waals surface area contributed by atoms with Crippen molar-refractivity contribution in [3.8, 4) is 33.4 Å². The van der Waals surface area contributed by atoms with Crippen LogP contribution in [-0.4, -0.2) is 0 Å². The SMILES string of the molecule is CC1(C)c2ccccc2-c2ccc(N(c3ccccc3-c3ccccc3)c3cccc4oc5cc6c(cc5c34)oc3ccc(-c4ccccc4)cc36)cc21. The molecule has 0 fully saturated rings. The lowest BCUT2D eigenvalue weighted by atomic mass is 9.82. The van der Waals surface area contributed by atoms with E-state index in [2.05, 4.69) is 189 Å². The van der Waals surface area contributed by atoms with Crippen molar-refractivity contribution in [1.82, 2.24) is 0 Å². The molecule has 2 aromatic heterocycles. The lowest BCUT2D eigenvalue weighted by Crippen LogP contribution is -2.17. The van der Waals surface area contributed by atoms with E-state index in [1.807, 2.05) is 6.07 Å². The van der Waals surface area contributed by atoms with Gasteiger partial charge in [-0.15, -0.1) is 0 Å². The topological polar surface area (TPSA) is 29.5 Å². The standard InChI is InChI=1S/C51H35NO2/c1-51(2)42-20-11-9-19-37(42)38-26-25-35(29-43(38)51)52(44-21-12-10-18-36(44)33-16-7-4-8-17-33)45-22-13-23-47-50(45)41-31-48-40(30-49(41)54-47)39-28-34(24-27-46(39)53-48)32-14-5-3-6-15-32/h3-31H,1-2H3. The summed E-state index contributed by atoms with van der Waals surface area (Å²) in [5.74, 6) is 0. The predicted molar refractivity (Wildman–Crippen MR) is 224 cm³/mol. The molecule has 54 heavy (non-hydrogen) atoms. The average Bonchev–Trinajstić information content (AvgIpc) is 3.84. The lowest BCUT2D eigenvalue weighted by Gasteiger charge is -2.30. The number of hydrogen-bond donors (Lipinski definition) is 0. The van der Waals surface area contributed by atoms with Crippen LogP contribution in [-0.2, 0) is 5.41 Å². The predicted octanol–water partition coefficient (Wildman–Crippen LogP) is 14.6. The highest BCUT2D eigenvalue weighted by molar-refractivity contribution is 6.19. The molecule has 0 aliphatic heterocycles. The first kappa shape index (κ1) is 30.8. The Morgan fingerprint density at radius 2 is 1.02 bits per heavy atom. The van der Waals surface area contributed by atoms with E-state index >= 15 is 0 Å². The molecule has 0 unspecified atom stereocenters. The second kappa shape index (κ2) is 11.6. The molecule has 0 amide bonds. The van der Waals surface area contributed by atoms with E-state index in [0.717, 1.165) is 77.6 Å². The third kappa shape index (κ3) is 4.55. The van der Waals surface area contributed by atoms with Gasteiger partial charge in [0.2, 0.25) is 0 Å². The smallest absolute Gasteiger partial charge is 0.137 e. The molecule has 2 heterocycles. The zero-order valence-corrected chi connectivity index (χ0v) is 30.0. The molecular formula is C51H35NO2. The maximum atomic E-state index is 6.75. The summed E-state index contributed by atoms with van der Waals surface area (Å²) >= 11 is 0. The summed E-state index contributed by atoms with van der Waals surface area (Å²) in [6.07, 6.45) is 0. The summed E-state index contributed by atoms with van der Waals surface area (Å²) in [5, 5.41) is 4.19. The quantitative estimate of drug-likeness (QED) is 0.180. The van der Waals surface area contributed by atoms with Crippen molar-refractivity contribution in [2.24, 2.45) is 0 Å². The van der Waals surface area contributed by atoms with Gasteiger partial charge in [0.05, 0.1) is 16.8 Å².